The molecule has 4 atom stereocenters. The van der Waals surface area contributed by atoms with Crippen LogP contribution in [0.25, 0.3) is 0 Å². The summed E-state index contributed by atoms with van der Waals surface area (Å²) < 4.78 is 5.93. The van der Waals surface area contributed by atoms with Gasteiger partial charge in [0.25, 0.3) is 0 Å². The van der Waals surface area contributed by atoms with Gasteiger partial charge in [-0.1, -0.05) is 18.2 Å². The minimum Gasteiger partial charge on any atom is -0.488 e. The number of hydrogen-bond acceptors (Lipinski definition) is 5. The van der Waals surface area contributed by atoms with Crippen LogP contribution < -0.4 is 10.1 Å². The van der Waals surface area contributed by atoms with Gasteiger partial charge in [0.15, 0.2) is 5.78 Å². The summed E-state index contributed by atoms with van der Waals surface area (Å²) in [6.07, 6.45) is 2.82. The number of hydrogen-bond donors (Lipinski definition) is 2. The van der Waals surface area contributed by atoms with Crippen molar-refractivity contribution in [1.29, 1.82) is 0 Å². The summed E-state index contributed by atoms with van der Waals surface area (Å²) >= 11 is 1.70. The van der Waals surface area contributed by atoms with E-state index in [2.05, 4.69) is 10.7 Å². The quantitative estimate of drug-likeness (QED) is 0.791. The normalized spacial score (nSPS) is 27.1. The van der Waals surface area contributed by atoms with Crippen molar-refractivity contribution in [3.8, 4) is 5.75 Å². The molecule has 0 saturated heterocycles. The Hall–Kier alpha value is -1.40. The van der Waals surface area contributed by atoms with E-state index in [0.29, 0.717) is 6.54 Å². The molecule has 0 bridgehead atoms. The van der Waals surface area contributed by atoms with Crippen LogP contribution in [0.3, 0.4) is 0 Å². The van der Waals surface area contributed by atoms with Crippen LogP contribution in [-0.2, 0) is 6.42 Å². The van der Waals surface area contributed by atoms with E-state index in [1.807, 2.05) is 37.3 Å². The van der Waals surface area contributed by atoms with Gasteiger partial charge in [0, 0.05) is 28.9 Å². The lowest BCUT2D eigenvalue weighted by molar-refractivity contribution is 0.0441. The maximum atomic E-state index is 12.8. The molecule has 1 heterocycles. The van der Waals surface area contributed by atoms with Crippen molar-refractivity contribution in [2.45, 2.75) is 50.9 Å². The molecular formula is C21H26ClNO3S. The number of ether oxygens (including phenoxy) is 1. The number of para-hydroxylation sites is 1. The lowest BCUT2D eigenvalue weighted by atomic mass is 9.85. The average Bonchev–Trinajstić information content (AvgIpc) is 3.20. The molecule has 1 unspecified atom stereocenters. The van der Waals surface area contributed by atoms with E-state index in [1.54, 1.807) is 11.3 Å². The molecule has 1 fully saturated rings. The van der Waals surface area contributed by atoms with Gasteiger partial charge in [-0.2, -0.15) is 0 Å². The first kappa shape index (κ1) is 20.3. The van der Waals surface area contributed by atoms with Crippen molar-refractivity contribution in [2.24, 2.45) is 5.92 Å². The number of aliphatic hydroxyl groups excluding tert-OH is 1. The Labute approximate surface area is 170 Å². The van der Waals surface area contributed by atoms with Crippen LogP contribution in [0.1, 0.15) is 40.1 Å². The zero-order valence-corrected chi connectivity index (χ0v) is 17.0. The monoisotopic (exact) mass is 407 g/mol. The standard InChI is InChI=1S/C21H25NO3S.ClH/c1-13-12-26-18-10-7-14(20(23)19(13)18)11-22-16-8-9-17(21(16)24)25-15-5-3-2-4-6-15;/h2-6,12,14,16-17,21-22,24H,7-11H2,1H3;1H/t14?,16-,17-,21-;/m1./s1. The maximum Gasteiger partial charge on any atom is 0.168 e. The van der Waals surface area contributed by atoms with Gasteiger partial charge in [0.1, 0.15) is 18.0 Å². The minimum absolute atomic E-state index is 0. The molecule has 2 aromatic rings. The third kappa shape index (κ3) is 4.21. The number of fused-ring (bicyclic) bond motifs is 1. The van der Waals surface area contributed by atoms with Crippen LogP contribution >= 0.6 is 23.7 Å². The van der Waals surface area contributed by atoms with Crippen LogP contribution in [0, 0.1) is 12.8 Å². The Morgan fingerprint density at radius 2 is 2.00 bits per heavy atom. The molecule has 4 nitrogen and oxygen atoms in total. The van der Waals surface area contributed by atoms with Gasteiger partial charge in [-0.3, -0.25) is 4.79 Å². The topological polar surface area (TPSA) is 58.6 Å². The van der Waals surface area contributed by atoms with Gasteiger partial charge >= 0.3 is 0 Å². The molecule has 1 aromatic heterocycles. The fourth-order valence-corrected chi connectivity index (χ4v) is 5.16. The van der Waals surface area contributed by atoms with Crippen LogP contribution in [-0.4, -0.2) is 35.7 Å². The highest BCUT2D eigenvalue weighted by molar-refractivity contribution is 7.10. The number of carbonyl (C=O) groups excluding carboxylic acids is 1. The summed E-state index contributed by atoms with van der Waals surface area (Å²) in [5, 5.41) is 16.1. The zero-order chi connectivity index (χ0) is 18.1. The molecule has 146 valence electrons. The van der Waals surface area contributed by atoms with E-state index in [9.17, 15) is 9.90 Å². The predicted molar refractivity (Wildman–Crippen MR) is 110 cm³/mol. The second-order valence-corrected chi connectivity index (χ2v) is 8.33. The second-order valence-electron chi connectivity index (χ2n) is 7.37. The molecule has 0 amide bonds. The van der Waals surface area contributed by atoms with Gasteiger partial charge in [-0.25, -0.2) is 0 Å². The first-order valence-electron chi connectivity index (χ1n) is 9.38. The van der Waals surface area contributed by atoms with Crippen molar-refractivity contribution in [1.82, 2.24) is 5.32 Å². The Kier molecular flexibility index (Phi) is 6.58. The number of thiophene rings is 1. The smallest absolute Gasteiger partial charge is 0.168 e. The summed E-state index contributed by atoms with van der Waals surface area (Å²) in [7, 11) is 0. The number of carbonyl (C=O) groups is 1. The third-order valence-corrected chi connectivity index (χ3v) is 6.76. The fraction of sp³-hybridized carbons (Fsp3) is 0.476. The molecule has 0 radical (unpaired) electrons. The van der Waals surface area contributed by atoms with Crippen LogP contribution in [0.5, 0.6) is 5.75 Å². The Morgan fingerprint density at radius 1 is 1.22 bits per heavy atom. The van der Waals surface area contributed by atoms with Crippen molar-refractivity contribution >= 4 is 29.5 Å². The minimum atomic E-state index is -0.549. The first-order chi connectivity index (χ1) is 12.6. The molecular weight excluding hydrogens is 382 g/mol. The van der Waals surface area contributed by atoms with Crippen LogP contribution in [0.4, 0.5) is 0 Å². The Bertz CT molecular complexity index is 779. The molecule has 27 heavy (non-hydrogen) atoms. The second kappa shape index (κ2) is 8.74. The Balaban J connectivity index is 0.00000210. The summed E-state index contributed by atoms with van der Waals surface area (Å²) in [5.74, 6) is 1.07. The van der Waals surface area contributed by atoms with Gasteiger partial charge in [0.2, 0.25) is 0 Å². The SMILES string of the molecule is Cc1csc2c1C(=O)C(CN[C@@H]1CC[C@@H](Oc3ccccc3)[C@@H]1O)CC2.Cl. The third-order valence-electron chi connectivity index (χ3n) is 5.60. The Morgan fingerprint density at radius 3 is 2.78 bits per heavy atom. The van der Waals surface area contributed by atoms with E-state index >= 15 is 0 Å². The van der Waals surface area contributed by atoms with E-state index in [0.717, 1.165) is 42.6 Å². The summed E-state index contributed by atoms with van der Waals surface area (Å²) in [4.78, 5) is 14.0. The number of Topliss-reactive ketones (excluding diaryl/α,β-unsaturated/α-hetero) is 1. The van der Waals surface area contributed by atoms with E-state index < -0.39 is 6.10 Å². The van der Waals surface area contributed by atoms with Crippen molar-refractivity contribution in [3.63, 3.8) is 0 Å². The van der Waals surface area contributed by atoms with Crippen LogP contribution in [0.15, 0.2) is 35.7 Å². The predicted octanol–water partition coefficient (Wildman–Crippen LogP) is 3.78. The maximum absolute atomic E-state index is 12.8. The highest BCUT2D eigenvalue weighted by atomic mass is 35.5. The van der Waals surface area contributed by atoms with Crippen molar-refractivity contribution in [2.75, 3.05) is 6.54 Å². The number of nitrogens with one attached hydrogen (secondary N) is 1. The van der Waals surface area contributed by atoms with E-state index in [1.165, 1.54) is 4.88 Å². The molecule has 2 N–H and O–H groups in total. The van der Waals surface area contributed by atoms with E-state index in [4.69, 9.17) is 4.74 Å². The van der Waals surface area contributed by atoms with E-state index in [-0.39, 0.29) is 36.3 Å². The van der Waals surface area contributed by atoms with Crippen LogP contribution in [0.2, 0.25) is 0 Å². The highest BCUT2D eigenvalue weighted by Gasteiger charge is 2.37. The first-order valence-corrected chi connectivity index (χ1v) is 10.3. The highest BCUT2D eigenvalue weighted by Crippen LogP contribution is 2.33. The van der Waals surface area contributed by atoms with Gasteiger partial charge in [-0.15, -0.1) is 23.7 Å². The molecule has 1 aromatic carbocycles. The largest absolute Gasteiger partial charge is 0.488 e. The van der Waals surface area contributed by atoms with Crippen molar-refractivity contribution in [3.05, 3.63) is 51.7 Å². The van der Waals surface area contributed by atoms with Gasteiger partial charge in [-0.05, 0) is 55.7 Å². The van der Waals surface area contributed by atoms with Crippen molar-refractivity contribution < 1.29 is 14.6 Å². The summed E-state index contributed by atoms with van der Waals surface area (Å²) in [6.45, 7) is 2.66. The molecule has 1 saturated carbocycles. The molecule has 2 aliphatic carbocycles. The number of aryl methyl sites for hydroxylation is 2. The number of aliphatic hydroxyl groups is 1. The lowest BCUT2D eigenvalue weighted by Gasteiger charge is -2.26. The number of ketones is 1. The van der Waals surface area contributed by atoms with Gasteiger partial charge in [0.05, 0.1) is 0 Å². The van der Waals surface area contributed by atoms with Gasteiger partial charge < -0.3 is 15.2 Å². The molecule has 2 aliphatic rings. The number of rotatable bonds is 5. The summed E-state index contributed by atoms with van der Waals surface area (Å²) in [6, 6.07) is 9.62. The number of halogens is 1. The molecule has 4 rings (SSSR count). The molecule has 6 heteroatoms. The molecule has 0 spiro atoms. The average molecular weight is 408 g/mol. The number of benzene rings is 1. The zero-order valence-electron chi connectivity index (χ0n) is 15.4. The lowest BCUT2D eigenvalue weighted by Crippen LogP contribution is -2.44. The molecule has 0 aliphatic heterocycles. The fourth-order valence-electron chi connectivity index (χ4n) is 4.11. The summed E-state index contributed by atoms with van der Waals surface area (Å²) in [5.41, 5.74) is 2.06.